The average Bonchev–Trinajstić information content (AvgIpc) is 3.02. The number of aromatic nitrogens is 2. The highest BCUT2D eigenvalue weighted by molar-refractivity contribution is 7.85. The summed E-state index contributed by atoms with van der Waals surface area (Å²) in [6.07, 6.45) is 0. The van der Waals surface area contributed by atoms with E-state index in [1.165, 1.54) is 0 Å². The topological polar surface area (TPSA) is 42.9 Å². The first-order valence-electron chi connectivity index (χ1n) is 12.5. The van der Waals surface area contributed by atoms with Crippen LogP contribution in [0.2, 0.25) is 0 Å². The van der Waals surface area contributed by atoms with E-state index in [4.69, 9.17) is 9.97 Å². The minimum absolute atomic E-state index is 0.672. The molecular weight excluding hydrogens is 483 g/mol. The van der Waals surface area contributed by atoms with Crippen molar-refractivity contribution < 1.29 is 4.57 Å². The third kappa shape index (κ3) is 4.61. The van der Waals surface area contributed by atoms with Gasteiger partial charge in [0.25, 0.3) is 0 Å². The number of hydrogen-bond acceptors (Lipinski definition) is 3. The van der Waals surface area contributed by atoms with Gasteiger partial charge >= 0.3 is 0 Å². The highest BCUT2D eigenvalue weighted by atomic mass is 31.2. The van der Waals surface area contributed by atoms with Crippen LogP contribution < -0.4 is 15.9 Å². The molecule has 1 aromatic heterocycles. The van der Waals surface area contributed by atoms with E-state index in [1.807, 2.05) is 140 Å². The zero-order chi connectivity index (χ0) is 25.8. The van der Waals surface area contributed by atoms with E-state index in [-0.39, 0.29) is 0 Å². The van der Waals surface area contributed by atoms with Gasteiger partial charge in [-0.05, 0) is 6.07 Å². The zero-order valence-electron chi connectivity index (χ0n) is 20.7. The predicted molar refractivity (Wildman–Crippen MR) is 158 cm³/mol. The lowest BCUT2D eigenvalue weighted by atomic mass is 10.1. The number of nitrogens with zero attached hydrogens (tertiary/aromatic N) is 2. The van der Waals surface area contributed by atoms with Crippen LogP contribution in [0.5, 0.6) is 0 Å². The van der Waals surface area contributed by atoms with Gasteiger partial charge < -0.3 is 4.57 Å². The molecule has 0 atom stereocenters. The second-order valence-electron chi connectivity index (χ2n) is 9.02. The molecule has 0 saturated heterocycles. The van der Waals surface area contributed by atoms with Gasteiger partial charge in [-0.1, -0.05) is 146 Å². The maximum Gasteiger partial charge on any atom is 0.171 e. The fraction of sp³-hybridized carbons (Fsp3) is 0. The van der Waals surface area contributed by atoms with E-state index in [2.05, 4.69) is 12.1 Å². The van der Waals surface area contributed by atoms with E-state index < -0.39 is 7.14 Å². The van der Waals surface area contributed by atoms with Crippen LogP contribution in [0.3, 0.4) is 0 Å². The molecule has 0 aliphatic heterocycles. The van der Waals surface area contributed by atoms with Crippen LogP contribution in [0.1, 0.15) is 0 Å². The quantitative estimate of drug-likeness (QED) is 0.225. The molecule has 0 radical (unpaired) electrons. The molecule has 0 aliphatic rings. The average molecular weight is 509 g/mol. The Kier molecular flexibility index (Phi) is 6.52. The van der Waals surface area contributed by atoms with Crippen molar-refractivity contribution in [3.63, 3.8) is 0 Å². The Hall–Kier alpha value is -4.59. The molecule has 0 bridgehead atoms. The molecule has 6 aromatic rings. The lowest BCUT2D eigenvalue weighted by Crippen LogP contribution is -2.24. The normalized spacial score (nSPS) is 11.3. The summed E-state index contributed by atoms with van der Waals surface area (Å²) in [7, 11) is -3.04. The van der Waals surface area contributed by atoms with Gasteiger partial charge in [-0.25, -0.2) is 9.97 Å². The van der Waals surface area contributed by atoms with Crippen LogP contribution in [0.4, 0.5) is 0 Å². The molecule has 0 unspecified atom stereocenters. The molecule has 0 N–H and O–H groups in total. The standard InChI is InChI=1S/C34H25N2OP/c37-38(29-17-9-3-10-18-29,30-19-11-4-12-20-30)31-23-21-27(22-24-31)33-25-32(26-13-5-1-6-14-26)35-34(36-33)28-15-7-2-8-16-28/h1-25H. The van der Waals surface area contributed by atoms with Gasteiger partial charge in [0.05, 0.1) is 11.4 Å². The van der Waals surface area contributed by atoms with Crippen LogP contribution >= 0.6 is 7.14 Å². The number of hydrogen-bond donors (Lipinski definition) is 0. The smallest absolute Gasteiger partial charge is 0.171 e. The monoisotopic (exact) mass is 508 g/mol. The Morgan fingerprint density at radius 1 is 0.395 bits per heavy atom. The van der Waals surface area contributed by atoms with Crippen molar-refractivity contribution in [3.8, 4) is 33.9 Å². The van der Waals surface area contributed by atoms with Crippen LogP contribution in [0, 0.1) is 0 Å². The minimum Gasteiger partial charge on any atom is -0.309 e. The Balaban J connectivity index is 1.47. The van der Waals surface area contributed by atoms with Crippen molar-refractivity contribution in [2.45, 2.75) is 0 Å². The summed E-state index contributed by atoms with van der Waals surface area (Å²) in [4.78, 5) is 9.81. The first-order chi connectivity index (χ1) is 18.7. The molecule has 0 saturated carbocycles. The molecule has 1 heterocycles. The first-order valence-corrected chi connectivity index (χ1v) is 14.2. The van der Waals surface area contributed by atoms with Crippen molar-refractivity contribution in [3.05, 3.63) is 152 Å². The fourth-order valence-electron chi connectivity index (χ4n) is 4.63. The van der Waals surface area contributed by atoms with Crippen LogP contribution in [-0.2, 0) is 4.57 Å². The highest BCUT2D eigenvalue weighted by Crippen LogP contribution is 2.42. The summed E-state index contributed by atoms with van der Waals surface area (Å²) >= 11 is 0. The maximum absolute atomic E-state index is 14.7. The molecule has 0 aliphatic carbocycles. The summed E-state index contributed by atoms with van der Waals surface area (Å²) in [5.41, 5.74) is 4.61. The first kappa shape index (κ1) is 23.8. The Morgan fingerprint density at radius 3 is 1.24 bits per heavy atom. The molecule has 182 valence electrons. The lowest BCUT2D eigenvalue weighted by Gasteiger charge is -2.20. The van der Waals surface area contributed by atoms with Gasteiger partial charge in [-0.2, -0.15) is 0 Å². The van der Waals surface area contributed by atoms with Crippen LogP contribution in [0.15, 0.2) is 152 Å². The van der Waals surface area contributed by atoms with Crippen molar-refractivity contribution in [2.75, 3.05) is 0 Å². The summed E-state index contributed by atoms with van der Waals surface area (Å²) in [6, 6.07) is 49.6. The summed E-state index contributed by atoms with van der Waals surface area (Å²) < 4.78 is 14.7. The van der Waals surface area contributed by atoms with Gasteiger partial charge in [-0.3, -0.25) is 0 Å². The maximum atomic E-state index is 14.7. The Morgan fingerprint density at radius 2 is 0.763 bits per heavy atom. The molecule has 6 rings (SSSR count). The fourth-order valence-corrected chi connectivity index (χ4v) is 7.28. The van der Waals surface area contributed by atoms with E-state index in [0.29, 0.717) is 5.82 Å². The molecule has 5 aromatic carbocycles. The van der Waals surface area contributed by atoms with E-state index in [1.54, 1.807) is 0 Å². The summed E-state index contributed by atoms with van der Waals surface area (Å²) in [5, 5.41) is 2.43. The number of benzene rings is 5. The number of rotatable bonds is 6. The molecule has 0 amide bonds. The van der Waals surface area contributed by atoms with Gasteiger partial charge in [0.15, 0.2) is 13.0 Å². The van der Waals surface area contributed by atoms with Gasteiger partial charge in [-0.15, -0.1) is 0 Å². The van der Waals surface area contributed by atoms with Crippen molar-refractivity contribution in [2.24, 2.45) is 0 Å². The van der Waals surface area contributed by atoms with Gasteiger partial charge in [0, 0.05) is 32.6 Å². The Bertz CT molecular complexity index is 1600. The van der Waals surface area contributed by atoms with E-state index >= 15 is 0 Å². The van der Waals surface area contributed by atoms with E-state index in [0.717, 1.165) is 44.0 Å². The molecule has 38 heavy (non-hydrogen) atoms. The largest absolute Gasteiger partial charge is 0.309 e. The molecular formula is C34H25N2OP. The van der Waals surface area contributed by atoms with Gasteiger partial charge in [0.2, 0.25) is 0 Å². The highest BCUT2D eigenvalue weighted by Gasteiger charge is 2.29. The summed E-state index contributed by atoms with van der Waals surface area (Å²) in [5.74, 6) is 0.672. The Labute approximate surface area is 222 Å². The van der Waals surface area contributed by atoms with Crippen LogP contribution in [-0.4, -0.2) is 9.97 Å². The summed E-state index contributed by atoms with van der Waals surface area (Å²) in [6.45, 7) is 0. The molecule has 0 fully saturated rings. The molecule has 0 spiro atoms. The third-order valence-corrected chi connectivity index (χ3v) is 9.67. The molecule has 3 nitrogen and oxygen atoms in total. The second kappa shape index (κ2) is 10.4. The van der Waals surface area contributed by atoms with Gasteiger partial charge in [0.1, 0.15) is 0 Å². The van der Waals surface area contributed by atoms with Crippen molar-refractivity contribution in [1.29, 1.82) is 0 Å². The third-order valence-electron chi connectivity index (χ3n) is 6.59. The van der Waals surface area contributed by atoms with E-state index in [9.17, 15) is 4.57 Å². The predicted octanol–water partition coefficient (Wildman–Crippen LogP) is 7.12. The minimum atomic E-state index is -3.04. The molecule has 4 heteroatoms. The second-order valence-corrected chi connectivity index (χ2v) is 11.8. The zero-order valence-corrected chi connectivity index (χ0v) is 21.6. The SMILES string of the molecule is O=P(c1ccccc1)(c1ccccc1)c1ccc(-c2cc(-c3ccccc3)nc(-c3ccccc3)n2)cc1. The lowest BCUT2D eigenvalue weighted by molar-refractivity contribution is 0.592. The van der Waals surface area contributed by atoms with Crippen LogP contribution in [0.25, 0.3) is 33.9 Å². The van der Waals surface area contributed by atoms with Crippen molar-refractivity contribution in [1.82, 2.24) is 9.97 Å². The van der Waals surface area contributed by atoms with Crippen molar-refractivity contribution >= 4 is 23.1 Å².